The number of hydrogen-bond donors (Lipinski definition) is 2. The van der Waals surface area contributed by atoms with E-state index in [1.54, 1.807) is 20.1 Å². The lowest BCUT2D eigenvalue weighted by atomic mass is 10.0. The maximum atomic E-state index is 12.2. The van der Waals surface area contributed by atoms with Crippen molar-refractivity contribution in [2.45, 2.75) is 13.5 Å². The van der Waals surface area contributed by atoms with Crippen LogP contribution in [0, 0.1) is 6.92 Å². The topological polar surface area (TPSA) is 103 Å². The molecule has 1 amide bonds. The molecule has 0 aliphatic carbocycles. The summed E-state index contributed by atoms with van der Waals surface area (Å²) >= 11 is 0. The summed E-state index contributed by atoms with van der Waals surface area (Å²) in [6.07, 6.45) is 1.30. The highest BCUT2D eigenvalue weighted by molar-refractivity contribution is 6.04. The maximum absolute atomic E-state index is 12.2. The molecule has 3 N–H and O–H groups in total. The first-order valence-corrected chi connectivity index (χ1v) is 7.66. The van der Waals surface area contributed by atoms with E-state index in [2.05, 4.69) is 15.5 Å². The summed E-state index contributed by atoms with van der Waals surface area (Å²) < 4.78 is 10.00. The van der Waals surface area contributed by atoms with Crippen molar-refractivity contribution in [3.8, 4) is 11.1 Å². The van der Waals surface area contributed by atoms with Crippen LogP contribution in [-0.4, -0.2) is 23.2 Å². The highest BCUT2D eigenvalue weighted by atomic mass is 16.5. The molecule has 3 rings (SSSR count). The number of aryl methyl sites for hydroxylation is 1. The van der Waals surface area contributed by atoms with Gasteiger partial charge >= 0.3 is 0 Å². The molecule has 0 aliphatic rings. The summed E-state index contributed by atoms with van der Waals surface area (Å²) in [7, 11) is 1.64. The van der Waals surface area contributed by atoms with Gasteiger partial charge in [-0.3, -0.25) is 4.79 Å². The van der Waals surface area contributed by atoms with Gasteiger partial charge in [0, 0.05) is 12.7 Å². The molecular weight excluding hydrogens is 320 g/mol. The number of nitrogens with two attached hydrogens (primary N) is 1. The molecule has 0 radical (unpaired) electrons. The van der Waals surface area contributed by atoms with E-state index in [-0.39, 0.29) is 5.91 Å². The molecule has 0 aliphatic heterocycles. The van der Waals surface area contributed by atoms with Crippen molar-refractivity contribution in [1.29, 1.82) is 0 Å². The molecular formula is C18H18N4O3. The Morgan fingerprint density at radius 1 is 1.24 bits per heavy atom. The number of nitrogen functional groups attached to an aromatic ring is 1. The van der Waals surface area contributed by atoms with Gasteiger partial charge in [0.15, 0.2) is 0 Å². The van der Waals surface area contributed by atoms with Crippen molar-refractivity contribution in [1.82, 2.24) is 10.1 Å². The van der Waals surface area contributed by atoms with Gasteiger partial charge in [-0.1, -0.05) is 29.4 Å². The highest BCUT2D eigenvalue weighted by Crippen LogP contribution is 2.29. The SMILES string of the molecule is COCc1ccccc1-c1ccc(NC(=O)c2conc2C)nc1N. The molecule has 25 heavy (non-hydrogen) atoms. The van der Waals surface area contributed by atoms with E-state index < -0.39 is 0 Å². The Bertz CT molecular complexity index is 905. The average molecular weight is 338 g/mol. The fraction of sp³-hybridized carbons (Fsp3) is 0.167. The maximum Gasteiger partial charge on any atom is 0.262 e. The Morgan fingerprint density at radius 3 is 2.72 bits per heavy atom. The summed E-state index contributed by atoms with van der Waals surface area (Å²) in [6.45, 7) is 2.16. The summed E-state index contributed by atoms with van der Waals surface area (Å²) in [6, 6.07) is 11.3. The highest BCUT2D eigenvalue weighted by Gasteiger charge is 2.15. The number of carbonyl (C=O) groups excluding carboxylic acids is 1. The van der Waals surface area contributed by atoms with Gasteiger partial charge in [-0.2, -0.15) is 0 Å². The number of rotatable bonds is 5. The van der Waals surface area contributed by atoms with E-state index >= 15 is 0 Å². The van der Waals surface area contributed by atoms with Gasteiger partial charge in [0.25, 0.3) is 5.91 Å². The van der Waals surface area contributed by atoms with Crippen LogP contribution in [0.4, 0.5) is 11.6 Å². The summed E-state index contributed by atoms with van der Waals surface area (Å²) in [5.74, 6) is 0.331. The first kappa shape index (κ1) is 16.7. The molecule has 1 aromatic carbocycles. The average Bonchev–Trinajstić information content (AvgIpc) is 3.02. The Balaban J connectivity index is 1.87. The molecule has 7 nitrogen and oxygen atoms in total. The van der Waals surface area contributed by atoms with E-state index in [1.165, 1.54) is 6.26 Å². The molecule has 0 saturated heterocycles. The molecule has 0 spiro atoms. The monoisotopic (exact) mass is 338 g/mol. The van der Waals surface area contributed by atoms with Gasteiger partial charge in [0.1, 0.15) is 23.5 Å². The first-order chi connectivity index (χ1) is 12.1. The zero-order valence-electron chi connectivity index (χ0n) is 13.9. The van der Waals surface area contributed by atoms with Crippen LogP contribution in [-0.2, 0) is 11.3 Å². The zero-order chi connectivity index (χ0) is 17.8. The minimum atomic E-state index is -0.349. The number of amides is 1. The fourth-order valence-electron chi connectivity index (χ4n) is 2.53. The number of hydrogen-bond acceptors (Lipinski definition) is 6. The van der Waals surface area contributed by atoms with Crippen LogP contribution < -0.4 is 11.1 Å². The third kappa shape index (κ3) is 3.51. The van der Waals surface area contributed by atoms with E-state index in [0.717, 1.165) is 16.7 Å². The summed E-state index contributed by atoms with van der Waals surface area (Å²) in [5, 5.41) is 6.37. The minimum absolute atomic E-state index is 0.323. The van der Waals surface area contributed by atoms with Gasteiger partial charge < -0.3 is 20.3 Å². The van der Waals surface area contributed by atoms with Crippen molar-refractivity contribution in [3.63, 3.8) is 0 Å². The largest absolute Gasteiger partial charge is 0.383 e. The molecule has 2 heterocycles. The van der Waals surface area contributed by atoms with Gasteiger partial charge in [0.05, 0.1) is 12.3 Å². The quantitative estimate of drug-likeness (QED) is 0.741. The number of benzene rings is 1. The van der Waals surface area contributed by atoms with Crippen LogP contribution in [0.1, 0.15) is 21.6 Å². The van der Waals surface area contributed by atoms with Crippen LogP contribution in [0.3, 0.4) is 0 Å². The molecule has 0 saturated carbocycles. The van der Waals surface area contributed by atoms with Crippen LogP contribution >= 0.6 is 0 Å². The summed E-state index contributed by atoms with van der Waals surface area (Å²) in [5.41, 5.74) is 9.71. The van der Waals surface area contributed by atoms with Crippen molar-refractivity contribution in [2.75, 3.05) is 18.2 Å². The van der Waals surface area contributed by atoms with Crippen LogP contribution in [0.2, 0.25) is 0 Å². The molecule has 0 unspecified atom stereocenters. The first-order valence-electron chi connectivity index (χ1n) is 7.66. The second-order valence-electron chi connectivity index (χ2n) is 5.49. The lowest BCUT2D eigenvalue weighted by Gasteiger charge is -2.12. The predicted octanol–water partition coefficient (Wildman–Crippen LogP) is 3.03. The number of aromatic nitrogens is 2. The molecule has 0 fully saturated rings. The standard InChI is InChI=1S/C18H18N4O3/c1-11-15(10-25-22-11)18(23)21-16-8-7-14(17(19)20-16)13-6-4-3-5-12(13)9-24-2/h3-8,10H,9H2,1-2H3,(H3,19,20,21,23). The van der Waals surface area contributed by atoms with Crippen molar-refractivity contribution < 1.29 is 14.1 Å². The second-order valence-corrected chi connectivity index (χ2v) is 5.49. The zero-order valence-corrected chi connectivity index (χ0v) is 13.9. The minimum Gasteiger partial charge on any atom is -0.383 e. The second kappa shape index (κ2) is 7.14. The smallest absolute Gasteiger partial charge is 0.262 e. The van der Waals surface area contributed by atoms with E-state index in [4.69, 9.17) is 15.0 Å². The van der Waals surface area contributed by atoms with Gasteiger partial charge in [-0.15, -0.1) is 0 Å². The lowest BCUT2D eigenvalue weighted by Crippen LogP contribution is -2.14. The Labute approximate surface area is 144 Å². The van der Waals surface area contributed by atoms with Crippen molar-refractivity contribution >= 4 is 17.5 Å². The van der Waals surface area contributed by atoms with Gasteiger partial charge in [-0.05, 0) is 30.2 Å². The van der Waals surface area contributed by atoms with E-state index in [9.17, 15) is 4.79 Å². The number of nitrogens with zero attached hydrogens (tertiary/aromatic N) is 2. The third-order valence-corrected chi connectivity index (χ3v) is 3.77. The molecule has 0 bridgehead atoms. The normalized spacial score (nSPS) is 10.6. The van der Waals surface area contributed by atoms with Crippen LogP contribution in [0.25, 0.3) is 11.1 Å². The fourth-order valence-corrected chi connectivity index (χ4v) is 2.53. The molecule has 128 valence electrons. The number of pyridine rings is 1. The van der Waals surface area contributed by atoms with Gasteiger partial charge in [-0.25, -0.2) is 4.98 Å². The predicted molar refractivity (Wildman–Crippen MR) is 94.0 cm³/mol. The number of methoxy groups -OCH3 is 1. The van der Waals surface area contributed by atoms with E-state index in [0.29, 0.717) is 29.5 Å². The van der Waals surface area contributed by atoms with Crippen molar-refractivity contribution in [2.24, 2.45) is 0 Å². The number of carbonyl (C=O) groups is 1. The van der Waals surface area contributed by atoms with Crippen LogP contribution in [0.5, 0.6) is 0 Å². The molecule has 2 aromatic heterocycles. The lowest BCUT2D eigenvalue weighted by molar-refractivity contribution is 0.102. The van der Waals surface area contributed by atoms with Crippen molar-refractivity contribution in [3.05, 3.63) is 59.5 Å². The number of ether oxygens (including phenoxy) is 1. The Hall–Kier alpha value is -3.19. The molecule has 3 aromatic rings. The van der Waals surface area contributed by atoms with Crippen LogP contribution in [0.15, 0.2) is 47.2 Å². The third-order valence-electron chi connectivity index (χ3n) is 3.77. The molecule has 0 atom stereocenters. The Kier molecular flexibility index (Phi) is 4.76. The van der Waals surface area contributed by atoms with Gasteiger partial charge in [0.2, 0.25) is 0 Å². The molecule has 7 heteroatoms. The Morgan fingerprint density at radius 2 is 2.04 bits per heavy atom. The number of anilines is 2. The number of nitrogens with one attached hydrogen (secondary N) is 1. The summed E-state index contributed by atoms with van der Waals surface area (Å²) in [4.78, 5) is 16.5. The van der Waals surface area contributed by atoms with E-state index in [1.807, 2.05) is 30.3 Å².